The third-order valence-corrected chi connectivity index (χ3v) is 4.87. The summed E-state index contributed by atoms with van der Waals surface area (Å²) in [5.74, 6) is 1.10. The molecule has 0 atom stereocenters. The van der Waals surface area contributed by atoms with Gasteiger partial charge in [0, 0.05) is 4.88 Å². The van der Waals surface area contributed by atoms with Crippen LogP contribution in [0.3, 0.4) is 0 Å². The highest BCUT2D eigenvalue weighted by Gasteiger charge is 2.12. The number of thioether (sulfide) groups is 1. The number of rotatable bonds is 5. The van der Waals surface area contributed by atoms with E-state index in [-0.39, 0.29) is 17.3 Å². The largest absolute Gasteiger partial charge is 0.465 e. The van der Waals surface area contributed by atoms with Crippen LogP contribution in [0.5, 0.6) is 0 Å². The number of aromatic nitrogens is 2. The molecule has 2 aromatic rings. The summed E-state index contributed by atoms with van der Waals surface area (Å²) in [4.78, 5) is 32.4. The number of aryl methyl sites for hydroxylation is 2. The van der Waals surface area contributed by atoms with Crippen LogP contribution in [0.4, 0.5) is 0 Å². The molecule has 2 aromatic heterocycles. The second-order valence-electron chi connectivity index (χ2n) is 4.27. The number of nitrogens with zero attached hydrogens (tertiary/aromatic N) is 1. The van der Waals surface area contributed by atoms with E-state index in [0.717, 1.165) is 15.3 Å². The summed E-state index contributed by atoms with van der Waals surface area (Å²) < 4.78 is 4.84. The summed E-state index contributed by atoms with van der Waals surface area (Å²) in [6.07, 6.45) is 0. The topological polar surface area (TPSA) is 72.0 Å². The van der Waals surface area contributed by atoms with E-state index in [1.165, 1.54) is 23.1 Å². The molecule has 0 aromatic carbocycles. The molecule has 0 radical (unpaired) electrons. The van der Waals surface area contributed by atoms with Gasteiger partial charge in [-0.3, -0.25) is 9.59 Å². The quantitative estimate of drug-likeness (QED) is 0.858. The summed E-state index contributed by atoms with van der Waals surface area (Å²) >= 11 is 2.90. The number of fused-ring (bicyclic) bond motifs is 1. The first-order valence-electron chi connectivity index (χ1n) is 6.25. The number of carbonyl (C=O) groups excluding carboxylic acids is 1. The Balaban J connectivity index is 2.12. The van der Waals surface area contributed by atoms with E-state index in [9.17, 15) is 9.59 Å². The van der Waals surface area contributed by atoms with Crippen LogP contribution in [0.1, 0.15) is 23.2 Å². The predicted molar refractivity (Wildman–Crippen MR) is 82.5 cm³/mol. The molecule has 2 rings (SSSR count). The highest BCUT2D eigenvalue weighted by Crippen LogP contribution is 2.26. The van der Waals surface area contributed by atoms with Crippen molar-refractivity contribution in [3.05, 3.63) is 26.6 Å². The van der Waals surface area contributed by atoms with E-state index >= 15 is 0 Å². The highest BCUT2D eigenvalue weighted by molar-refractivity contribution is 7.99. The minimum absolute atomic E-state index is 0.108. The molecular weight excluding hydrogens is 296 g/mol. The van der Waals surface area contributed by atoms with Crippen LogP contribution < -0.4 is 5.56 Å². The summed E-state index contributed by atoms with van der Waals surface area (Å²) in [5.41, 5.74) is 0.882. The number of ether oxygens (including phenoxy) is 1. The molecule has 0 amide bonds. The van der Waals surface area contributed by atoms with Crippen molar-refractivity contribution in [1.29, 1.82) is 0 Å². The van der Waals surface area contributed by atoms with Crippen LogP contribution in [0.25, 0.3) is 10.2 Å². The molecule has 2 heterocycles. The van der Waals surface area contributed by atoms with Crippen LogP contribution >= 0.6 is 23.1 Å². The standard InChI is InChI=1S/C13H16N2O3S2/c1-4-18-10(16)6-19-5-9-14-12(17)11-7(2)8(3)20-13(11)15-9/h4-6H2,1-3H3,(H,14,15,17). The molecule has 0 unspecified atom stereocenters. The smallest absolute Gasteiger partial charge is 0.315 e. The van der Waals surface area contributed by atoms with Gasteiger partial charge in [-0.2, -0.15) is 0 Å². The molecule has 0 aliphatic heterocycles. The second kappa shape index (κ2) is 6.41. The van der Waals surface area contributed by atoms with Crippen molar-refractivity contribution in [2.24, 2.45) is 0 Å². The molecule has 0 aliphatic rings. The first kappa shape index (κ1) is 15.1. The molecule has 0 fully saturated rings. The Morgan fingerprint density at radius 2 is 2.20 bits per heavy atom. The fraction of sp³-hybridized carbons (Fsp3) is 0.462. The lowest BCUT2D eigenvalue weighted by molar-refractivity contribution is -0.139. The third-order valence-electron chi connectivity index (χ3n) is 2.85. The van der Waals surface area contributed by atoms with Gasteiger partial charge in [0.05, 0.1) is 23.5 Å². The van der Waals surface area contributed by atoms with E-state index in [1.54, 1.807) is 6.92 Å². The van der Waals surface area contributed by atoms with Crippen LogP contribution in [-0.2, 0) is 15.3 Å². The minimum atomic E-state index is -0.247. The SMILES string of the molecule is CCOC(=O)CSCc1nc2sc(C)c(C)c2c(=O)[nH]1. The van der Waals surface area contributed by atoms with Gasteiger partial charge in [0.25, 0.3) is 5.56 Å². The number of carbonyl (C=O) groups is 1. The van der Waals surface area contributed by atoms with Gasteiger partial charge in [0.2, 0.25) is 0 Å². The number of hydrogen-bond acceptors (Lipinski definition) is 6. The molecule has 0 saturated heterocycles. The van der Waals surface area contributed by atoms with Crippen LogP contribution in [-0.4, -0.2) is 28.3 Å². The van der Waals surface area contributed by atoms with Crippen LogP contribution in [0, 0.1) is 13.8 Å². The van der Waals surface area contributed by atoms with Crippen molar-refractivity contribution >= 4 is 39.3 Å². The van der Waals surface area contributed by atoms with E-state index in [4.69, 9.17) is 4.74 Å². The lowest BCUT2D eigenvalue weighted by Gasteiger charge is -2.02. The minimum Gasteiger partial charge on any atom is -0.465 e. The molecule has 0 saturated carbocycles. The lowest BCUT2D eigenvalue weighted by Crippen LogP contribution is -2.12. The molecular formula is C13H16N2O3S2. The van der Waals surface area contributed by atoms with Gasteiger partial charge in [0.15, 0.2) is 0 Å². The average molecular weight is 312 g/mol. The first-order chi connectivity index (χ1) is 9.52. The molecule has 108 valence electrons. The Hall–Kier alpha value is -1.34. The number of H-pyrrole nitrogens is 1. The predicted octanol–water partition coefficient (Wildman–Crippen LogP) is 2.40. The van der Waals surface area contributed by atoms with Gasteiger partial charge in [-0.1, -0.05) is 0 Å². The molecule has 7 heteroatoms. The van der Waals surface area contributed by atoms with E-state index in [1.807, 2.05) is 13.8 Å². The van der Waals surface area contributed by atoms with Crippen molar-refractivity contribution in [3.8, 4) is 0 Å². The van der Waals surface area contributed by atoms with Gasteiger partial charge in [-0.25, -0.2) is 4.98 Å². The zero-order valence-electron chi connectivity index (χ0n) is 11.6. The van der Waals surface area contributed by atoms with Gasteiger partial charge in [-0.05, 0) is 26.3 Å². The average Bonchev–Trinajstić information content (AvgIpc) is 2.65. The van der Waals surface area contributed by atoms with Crippen LogP contribution in [0.15, 0.2) is 4.79 Å². The van der Waals surface area contributed by atoms with Crippen molar-refractivity contribution < 1.29 is 9.53 Å². The highest BCUT2D eigenvalue weighted by atomic mass is 32.2. The Kier molecular flexibility index (Phi) is 4.82. The second-order valence-corrected chi connectivity index (χ2v) is 6.46. The lowest BCUT2D eigenvalue weighted by atomic mass is 10.2. The van der Waals surface area contributed by atoms with Gasteiger partial charge in [0.1, 0.15) is 10.7 Å². The number of aromatic amines is 1. The monoisotopic (exact) mass is 312 g/mol. The fourth-order valence-electron chi connectivity index (χ4n) is 1.80. The van der Waals surface area contributed by atoms with Gasteiger partial charge in [-0.15, -0.1) is 23.1 Å². The Bertz CT molecular complexity index is 691. The molecule has 0 bridgehead atoms. The fourth-order valence-corrected chi connectivity index (χ4v) is 3.53. The molecule has 0 aliphatic carbocycles. The number of thiophene rings is 1. The molecule has 0 spiro atoms. The first-order valence-corrected chi connectivity index (χ1v) is 8.22. The molecule has 20 heavy (non-hydrogen) atoms. The van der Waals surface area contributed by atoms with Crippen molar-refractivity contribution in [2.75, 3.05) is 12.4 Å². The maximum atomic E-state index is 12.0. The Morgan fingerprint density at radius 3 is 2.90 bits per heavy atom. The number of nitrogens with one attached hydrogen (secondary N) is 1. The van der Waals surface area contributed by atoms with Crippen molar-refractivity contribution in [3.63, 3.8) is 0 Å². The van der Waals surface area contributed by atoms with Crippen molar-refractivity contribution in [1.82, 2.24) is 9.97 Å². The molecule has 5 nitrogen and oxygen atoms in total. The summed E-state index contributed by atoms with van der Waals surface area (Å²) in [6.45, 7) is 6.07. The zero-order valence-corrected chi connectivity index (χ0v) is 13.2. The van der Waals surface area contributed by atoms with Gasteiger partial charge >= 0.3 is 5.97 Å². The third kappa shape index (κ3) is 3.21. The Morgan fingerprint density at radius 1 is 1.45 bits per heavy atom. The summed E-state index contributed by atoms with van der Waals surface area (Å²) in [6, 6.07) is 0. The maximum absolute atomic E-state index is 12.0. The normalized spacial score (nSPS) is 10.9. The van der Waals surface area contributed by atoms with Crippen molar-refractivity contribution in [2.45, 2.75) is 26.5 Å². The summed E-state index contributed by atoms with van der Waals surface area (Å²) in [7, 11) is 0. The molecule has 1 N–H and O–H groups in total. The summed E-state index contributed by atoms with van der Waals surface area (Å²) in [5, 5.41) is 0.673. The number of esters is 1. The Labute approximate surface area is 124 Å². The zero-order chi connectivity index (χ0) is 14.7. The van der Waals surface area contributed by atoms with E-state index in [2.05, 4.69) is 9.97 Å². The number of hydrogen-bond donors (Lipinski definition) is 1. The maximum Gasteiger partial charge on any atom is 0.315 e. The van der Waals surface area contributed by atoms with Gasteiger partial charge < -0.3 is 9.72 Å². The van der Waals surface area contributed by atoms with Crippen LogP contribution in [0.2, 0.25) is 0 Å². The van der Waals surface area contributed by atoms with E-state index in [0.29, 0.717) is 23.6 Å². The van der Waals surface area contributed by atoms with E-state index < -0.39 is 0 Å².